The van der Waals surface area contributed by atoms with Gasteiger partial charge in [-0.2, -0.15) is 0 Å². The van der Waals surface area contributed by atoms with Gasteiger partial charge in [0.1, 0.15) is 6.04 Å². The molecule has 0 aliphatic carbocycles. The molecule has 3 aromatic carbocycles. The fourth-order valence-electron chi connectivity index (χ4n) is 2.84. The summed E-state index contributed by atoms with van der Waals surface area (Å²) in [6.07, 6.45) is 0. The van der Waals surface area contributed by atoms with E-state index in [9.17, 15) is 14.4 Å². The molecule has 6 nitrogen and oxygen atoms in total. The van der Waals surface area contributed by atoms with Crippen molar-refractivity contribution in [2.45, 2.75) is 13.0 Å². The number of anilines is 2. The number of benzene rings is 3. The lowest BCUT2D eigenvalue weighted by atomic mass is 10.0. The van der Waals surface area contributed by atoms with E-state index < -0.39 is 6.04 Å². The van der Waals surface area contributed by atoms with Crippen molar-refractivity contribution in [3.05, 3.63) is 96.1 Å². The average Bonchev–Trinajstić information content (AvgIpc) is 2.73. The van der Waals surface area contributed by atoms with Crippen molar-refractivity contribution in [3.63, 3.8) is 0 Å². The number of carbonyl (C=O) groups is 3. The topological polar surface area (TPSA) is 87.3 Å². The van der Waals surface area contributed by atoms with Crippen LogP contribution < -0.4 is 16.0 Å². The first-order valence-electron chi connectivity index (χ1n) is 9.12. The molecule has 0 aliphatic heterocycles. The molecule has 1 unspecified atom stereocenters. The lowest BCUT2D eigenvalue weighted by Gasteiger charge is -2.19. The van der Waals surface area contributed by atoms with E-state index >= 15 is 0 Å². The summed E-state index contributed by atoms with van der Waals surface area (Å²) in [6, 6.07) is 23.7. The molecule has 3 amide bonds. The SMILES string of the molecule is CC(=O)Nc1cccc(NC(=O)C(NC(=O)c2ccccc2)c2ccccc2)c1. The van der Waals surface area contributed by atoms with Crippen molar-refractivity contribution >= 4 is 29.1 Å². The number of rotatable bonds is 6. The second-order valence-corrected chi connectivity index (χ2v) is 6.43. The number of amides is 3. The quantitative estimate of drug-likeness (QED) is 0.602. The van der Waals surface area contributed by atoms with Crippen LogP contribution in [-0.2, 0) is 9.59 Å². The van der Waals surface area contributed by atoms with E-state index in [-0.39, 0.29) is 17.7 Å². The third kappa shape index (κ3) is 5.52. The number of hydrogen-bond donors (Lipinski definition) is 3. The van der Waals surface area contributed by atoms with Gasteiger partial charge < -0.3 is 16.0 Å². The smallest absolute Gasteiger partial charge is 0.252 e. The fraction of sp³-hybridized carbons (Fsp3) is 0.0870. The maximum absolute atomic E-state index is 13.0. The van der Waals surface area contributed by atoms with E-state index in [4.69, 9.17) is 0 Å². The average molecular weight is 387 g/mol. The summed E-state index contributed by atoms with van der Waals surface area (Å²) in [5, 5.41) is 8.27. The Kier molecular flexibility index (Phi) is 6.37. The van der Waals surface area contributed by atoms with Gasteiger partial charge in [0.05, 0.1) is 0 Å². The second kappa shape index (κ2) is 9.32. The van der Waals surface area contributed by atoms with Crippen LogP contribution in [0.2, 0.25) is 0 Å². The van der Waals surface area contributed by atoms with Gasteiger partial charge in [0.15, 0.2) is 0 Å². The first-order chi connectivity index (χ1) is 14.0. The van der Waals surface area contributed by atoms with Crippen molar-refractivity contribution in [1.82, 2.24) is 5.32 Å². The highest BCUT2D eigenvalue weighted by molar-refractivity contribution is 6.02. The summed E-state index contributed by atoms with van der Waals surface area (Å²) >= 11 is 0. The lowest BCUT2D eigenvalue weighted by molar-refractivity contribution is -0.118. The predicted octanol–water partition coefficient (Wildman–Crippen LogP) is 3.75. The number of nitrogens with one attached hydrogen (secondary N) is 3. The van der Waals surface area contributed by atoms with Crippen LogP contribution >= 0.6 is 0 Å². The van der Waals surface area contributed by atoms with Crippen molar-refractivity contribution in [1.29, 1.82) is 0 Å². The number of carbonyl (C=O) groups excluding carboxylic acids is 3. The third-order valence-corrected chi connectivity index (χ3v) is 4.16. The molecule has 1 atom stereocenters. The molecule has 0 aromatic heterocycles. The molecule has 6 heteroatoms. The summed E-state index contributed by atoms with van der Waals surface area (Å²) in [6.45, 7) is 1.41. The molecule has 0 aliphatic rings. The molecule has 0 radical (unpaired) electrons. The van der Waals surface area contributed by atoms with Crippen LogP contribution in [0.1, 0.15) is 28.9 Å². The van der Waals surface area contributed by atoms with Gasteiger partial charge in [-0.15, -0.1) is 0 Å². The highest BCUT2D eigenvalue weighted by atomic mass is 16.2. The molecular weight excluding hydrogens is 366 g/mol. The summed E-state index contributed by atoms with van der Waals surface area (Å²) in [7, 11) is 0. The van der Waals surface area contributed by atoms with Gasteiger partial charge in [0, 0.05) is 23.9 Å². The first-order valence-corrected chi connectivity index (χ1v) is 9.12. The normalized spacial score (nSPS) is 11.2. The molecule has 29 heavy (non-hydrogen) atoms. The van der Waals surface area contributed by atoms with E-state index in [0.29, 0.717) is 22.5 Å². The summed E-state index contributed by atoms with van der Waals surface area (Å²) in [4.78, 5) is 36.9. The molecule has 0 heterocycles. The Morgan fingerprint density at radius 1 is 0.724 bits per heavy atom. The van der Waals surface area contributed by atoms with Gasteiger partial charge in [-0.3, -0.25) is 14.4 Å². The Morgan fingerprint density at radius 2 is 1.31 bits per heavy atom. The second-order valence-electron chi connectivity index (χ2n) is 6.43. The predicted molar refractivity (Wildman–Crippen MR) is 112 cm³/mol. The van der Waals surface area contributed by atoms with E-state index in [2.05, 4.69) is 16.0 Å². The molecule has 3 aromatic rings. The fourth-order valence-corrected chi connectivity index (χ4v) is 2.84. The van der Waals surface area contributed by atoms with Crippen LogP contribution in [0.5, 0.6) is 0 Å². The monoisotopic (exact) mass is 387 g/mol. The minimum Gasteiger partial charge on any atom is -0.336 e. The van der Waals surface area contributed by atoms with E-state index in [0.717, 1.165) is 0 Å². The highest BCUT2D eigenvalue weighted by Crippen LogP contribution is 2.19. The van der Waals surface area contributed by atoms with Gasteiger partial charge in [-0.05, 0) is 35.9 Å². The zero-order chi connectivity index (χ0) is 20.6. The van der Waals surface area contributed by atoms with Crippen LogP contribution in [0.25, 0.3) is 0 Å². The molecular formula is C23H21N3O3. The van der Waals surface area contributed by atoms with Crippen LogP contribution in [0, 0.1) is 0 Å². The Bertz CT molecular complexity index is 1000. The van der Waals surface area contributed by atoms with E-state index in [1.54, 1.807) is 60.7 Å². The zero-order valence-corrected chi connectivity index (χ0v) is 15.9. The minimum absolute atomic E-state index is 0.203. The van der Waals surface area contributed by atoms with Crippen molar-refractivity contribution < 1.29 is 14.4 Å². The summed E-state index contributed by atoms with van der Waals surface area (Å²) in [5.41, 5.74) is 2.21. The van der Waals surface area contributed by atoms with Crippen LogP contribution in [0.15, 0.2) is 84.9 Å². The van der Waals surface area contributed by atoms with Gasteiger partial charge in [0.2, 0.25) is 5.91 Å². The standard InChI is InChI=1S/C23H21N3O3/c1-16(27)24-19-13-8-14-20(15-19)25-23(29)21(17-9-4-2-5-10-17)26-22(28)18-11-6-3-7-12-18/h2-15,21H,1H3,(H,24,27)(H,25,29)(H,26,28). The molecule has 146 valence electrons. The van der Waals surface area contributed by atoms with Crippen molar-refractivity contribution in [2.75, 3.05) is 10.6 Å². The van der Waals surface area contributed by atoms with Crippen LogP contribution in [-0.4, -0.2) is 17.7 Å². The van der Waals surface area contributed by atoms with Crippen LogP contribution in [0.4, 0.5) is 11.4 Å². The maximum Gasteiger partial charge on any atom is 0.252 e. The molecule has 3 N–H and O–H groups in total. The third-order valence-electron chi connectivity index (χ3n) is 4.16. The van der Waals surface area contributed by atoms with Gasteiger partial charge >= 0.3 is 0 Å². The van der Waals surface area contributed by atoms with Gasteiger partial charge in [-0.1, -0.05) is 54.6 Å². The summed E-state index contributed by atoms with van der Waals surface area (Å²) in [5.74, 6) is -0.937. The minimum atomic E-state index is -0.881. The molecule has 0 fully saturated rings. The van der Waals surface area contributed by atoms with Gasteiger partial charge in [-0.25, -0.2) is 0 Å². The van der Waals surface area contributed by atoms with Crippen molar-refractivity contribution in [3.8, 4) is 0 Å². The first kappa shape index (κ1) is 19.8. The Labute approximate surface area is 169 Å². The van der Waals surface area contributed by atoms with Crippen LogP contribution in [0.3, 0.4) is 0 Å². The Balaban J connectivity index is 1.81. The summed E-state index contributed by atoms with van der Waals surface area (Å²) < 4.78 is 0. The van der Waals surface area contributed by atoms with E-state index in [1.807, 2.05) is 24.3 Å². The Morgan fingerprint density at radius 3 is 1.93 bits per heavy atom. The Hall–Kier alpha value is -3.93. The zero-order valence-electron chi connectivity index (χ0n) is 15.9. The maximum atomic E-state index is 13.0. The molecule has 3 rings (SSSR count). The molecule has 0 saturated heterocycles. The number of hydrogen-bond acceptors (Lipinski definition) is 3. The van der Waals surface area contributed by atoms with E-state index in [1.165, 1.54) is 6.92 Å². The van der Waals surface area contributed by atoms with Crippen molar-refractivity contribution in [2.24, 2.45) is 0 Å². The molecule has 0 spiro atoms. The molecule has 0 bridgehead atoms. The largest absolute Gasteiger partial charge is 0.336 e. The molecule has 0 saturated carbocycles. The highest BCUT2D eigenvalue weighted by Gasteiger charge is 2.23. The lowest BCUT2D eigenvalue weighted by Crippen LogP contribution is -2.37. The van der Waals surface area contributed by atoms with Gasteiger partial charge in [0.25, 0.3) is 11.8 Å².